The number of nitro groups is 1. The summed E-state index contributed by atoms with van der Waals surface area (Å²) in [6.07, 6.45) is -0.0662. The van der Waals surface area contributed by atoms with E-state index >= 15 is 0 Å². The summed E-state index contributed by atoms with van der Waals surface area (Å²) in [5.74, 6) is -1.08. The fourth-order valence-electron chi connectivity index (χ4n) is 2.50. The maximum Gasteiger partial charge on any atom is 0.308 e. The molecule has 0 fully saturated rings. The van der Waals surface area contributed by atoms with Gasteiger partial charge in [0.25, 0.3) is 11.6 Å². The van der Waals surface area contributed by atoms with E-state index in [0.29, 0.717) is 0 Å². The number of esters is 1. The number of aryl methyl sites for hydroxylation is 1. The van der Waals surface area contributed by atoms with E-state index in [1.165, 1.54) is 18.2 Å². The highest BCUT2D eigenvalue weighted by molar-refractivity contribution is 5.98. The Morgan fingerprint density at radius 2 is 1.81 bits per heavy atom. The number of carbonyl (C=O) groups is 2. The number of hydrogen-bond donors (Lipinski definition) is 1. The van der Waals surface area contributed by atoms with E-state index in [9.17, 15) is 19.7 Å². The van der Waals surface area contributed by atoms with Crippen LogP contribution in [-0.4, -0.2) is 23.4 Å². The normalized spacial score (nSPS) is 11.5. The molecule has 0 saturated heterocycles. The van der Waals surface area contributed by atoms with Gasteiger partial charge >= 0.3 is 5.97 Å². The van der Waals surface area contributed by atoms with Crippen LogP contribution in [0.25, 0.3) is 0 Å². The second kappa shape index (κ2) is 8.75. The van der Waals surface area contributed by atoms with Crippen molar-refractivity contribution in [3.05, 3.63) is 75.3 Å². The maximum atomic E-state index is 12.6. The van der Waals surface area contributed by atoms with Gasteiger partial charge in [-0.3, -0.25) is 19.7 Å². The van der Waals surface area contributed by atoms with Gasteiger partial charge in [0.05, 0.1) is 24.0 Å². The van der Waals surface area contributed by atoms with Crippen molar-refractivity contribution in [2.45, 2.75) is 26.3 Å². The lowest BCUT2D eigenvalue weighted by Gasteiger charge is -2.19. The molecule has 0 aliphatic carbocycles. The van der Waals surface area contributed by atoms with E-state index in [2.05, 4.69) is 5.32 Å². The van der Waals surface area contributed by atoms with Gasteiger partial charge in [-0.1, -0.05) is 42.0 Å². The maximum absolute atomic E-state index is 12.6. The Kier molecular flexibility index (Phi) is 6.43. The van der Waals surface area contributed by atoms with Crippen molar-refractivity contribution in [2.24, 2.45) is 0 Å². The van der Waals surface area contributed by atoms with E-state index in [4.69, 9.17) is 4.74 Å². The van der Waals surface area contributed by atoms with Crippen LogP contribution < -0.4 is 5.32 Å². The van der Waals surface area contributed by atoms with Crippen LogP contribution >= 0.6 is 0 Å². The molecular weight excluding hydrogens is 336 g/mol. The lowest BCUT2D eigenvalue weighted by atomic mass is 10.0. The Labute approximate surface area is 151 Å². The zero-order chi connectivity index (χ0) is 19.1. The summed E-state index contributed by atoms with van der Waals surface area (Å²) in [7, 11) is 0. The molecule has 0 aliphatic heterocycles. The third-order valence-corrected chi connectivity index (χ3v) is 3.81. The average molecular weight is 356 g/mol. The Balaban J connectivity index is 2.28. The highest BCUT2D eigenvalue weighted by atomic mass is 16.6. The second-order valence-electron chi connectivity index (χ2n) is 5.72. The summed E-state index contributed by atoms with van der Waals surface area (Å²) in [5.41, 5.74) is 1.41. The molecule has 26 heavy (non-hydrogen) atoms. The van der Waals surface area contributed by atoms with Crippen molar-refractivity contribution in [1.82, 2.24) is 5.32 Å². The van der Waals surface area contributed by atoms with Gasteiger partial charge in [-0.2, -0.15) is 0 Å². The molecule has 0 bridgehead atoms. The van der Waals surface area contributed by atoms with Crippen molar-refractivity contribution < 1.29 is 19.2 Å². The number of amides is 1. The quantitative estimate of drug-likeness (QED) is 0.466. The highest BCUT2D eigenvalue weighted by Crippen LogP contribution is 2.22. The van der Waals surface area contributed by atoms with Crippen LogP contribution in [0.5, 0.6) is 0 Å². The molecule has 1 atom stereocenters. The van der Waals surface area contributed by atoms with Gasteiger partial charge in [-0.05, 0) is 25.5 Å². The number of para-hydroxylation sites is 1. The van der Waals surface area contributed by atoms with E-state index in [0.717, 1.165) is 11.1 Å². The van der Waals surface area contributed by atoms with Crippen molar-refractivity contribution in [2.75, 3.05) is 6.61 Å². The van der Waals surface area contributed by atoms with Crippen molar-refractivity contribution in [3.63, 3.8) is 0 Å². The van der Waals surface area contributed by atoms with Gasteiger partial charge in [0.15, 0.2) is 0 Å². The summed E-state index contributed by atoms with van der Waals surface area (Å²) in [6, 6.07) is 12.4. The average Bonchev–Trinajstić information content (AvgIpc) is 2.62. The first-order valence-electron chi connectivity index (χ1n) is 8.18. The van der Waals surface area contributed by atoms with Crippen molar-refractivity contribution in [1.29, 1.82) is 0 Å². The molecule has 1 N–H and O–H groups in total. The molecule has 0 unspecified atom stereocenters. The molecule has 0 spiro atoms. The number of rotatable bonds is 7. The number of nitro benzene ring substituents is 1. The summed E-state index contributed by atoms with van der Waals surface area (Å²) >= 11 is 0. The first kappa shape index (κ1) is 19.1. The highest BCUT2D eigenvalue weighted by Gasteiger charge is 2.24. The molecule has 7 nitrogen and oxygen atoms in total. The fourth-order valence-corrected chi connectivity index (χ4v) is 2.50. The molecule has 2 rings (SSSR count). The van der Waals surface area contributed by atoms with Gasteiger partial charge in [0.2, 0.25) is 0 Å². The molecule has 0 aromatic heterocycles. The van der Waals surface area contributed by atoms with Crippen LogP contribution in [0.4, 0.5) is 5.69 Å². The molecule has 1 amide bonds. The zero-order valence-corrected chi connectivity index (χ0v) is 14.6. The number of ether oxygens (including phenoxy) is 1. The molecule has 0 saturated carbocycles. The fraction of sp³-hybridized carbons (Fsp3) is 0.263. The van der Waals surface area contributed by atoms with Crippen LogP contribution in [0.15, 0.2) is 48.5 Å². The van der Waals surface area contributed by atoms with E-state index < -0.39 is 22.8 Å². The third kappa shape index (κ3) is 4.89. The van der Waals surface area contributed by atoms with Crippen molar-refractivity contribution in [3.8, 4) is 0 Å². The molecule has 2 aromatic carbocycles. The summed E-state index contributed by atoms with van der Waals surface area (Å²) in [4.78, 5) is 35.0. The Hall–Kier alpha value is -3.22. The minimum Gasteiger partial charge on any atom is -0.466 e. The number of nitrogens with zero attached hydrogens (tertiary/aromatic N) is 1. The molecule has 7 heteroatoms. The van der Waals surface area contributed by atoms with Crippen LogP contribution in [-0.2, 0) is 9.53 Å². The molecule has 136 valence electrons. The van der Waals surface area contributed by atoms with Crippen molar-refractivity contribution >= 4 is 17.6 Å². The van der Waals surface area contributed by atoms with Gasteiger partial charge in [-0.25, -0.2) is 0 Å². The minimum absolute atomic E-state index is 0.0570. The third-order valence-electron chi connectivity index (χ3n) is 3.81. The predicted octanol–water partition coefficient (Wildman–Crippen LogP) is 3.33. The van der Waals surface area contributed by atoms with Crippen LogP contribution in [0.3, 0.4) is 0 Å². The molecule has 0 aliphatic rings. The van der Waals surface area contributed by atoms with Gasteiger partial charge in [-0.15, -0.1) is 0 Å². The topological polar surface area (TPSA) is 98.5 Å². The van der Waals surface area contributed by atoms with Gasteiger partial charge < -0.3 is 10.1 Å². The summed E-state index contributed by atoms with van der Waals surface area (Å²) < 4.78 is 4.97. The molecule has 0 heterocycles. The van der Waals surface area contributed by atoms with Gasteiger partial charge in [0.1, 0.15) is 5.56 Å². The number of carbonyl (C=O) groups excluding carboxylic acids is 2. The van der Waals surface area contributed by atoms with E-state index in [1.807, 2.05) is 19.1 Å². The van der Waals surface area contributed by atoms with Crippen LogP contribution in [0.1, 0.15) is 40.9 Å². The second-order valence-corrected chi connectivity index (χ2v) is 5.72. The Morgan fingerprint density at radius 1 is 1.15 bits per heavy atom. The number of nitrogens with one attached hydrogen (secondary N) is 1. The lowest BCUT2D eigenvalue weighted by molar-refractivity contribution is -0.385. The van der Waals surface area contributed by atoms with Gasteiger partial charge in [0, 0.05) is 6.07 Å². The predicted molar refractivity (Wildman–Crippen MR) is 95.7 cm³/mol. The van der Waals surface area contributed by atoms with Crippen LogP contribution in [0.2, 0.25) is 0 Å². The monoisotopic (exact) mass is 356 g/mol. The molecule has 2 aromatic rings. The molecular formula is C19H20N2O5. The first-order chi connectivity index (χ1) is 12.4. The van der Waals surface area contributed by atoms with E-state index in [1.54, 1.807) is 25.1 Å². The smallest absolute Gasteiger partial charge is 0.308 e. The number of hydrogen-bond acceptors (Lipinski definition) is 5. The van der Waals surface area contributed by atoms with Crippen LogP contribution in [0, 0.1) is 17.0 Å². The standard InChI is InChI=1S/C19H20N2O5/c1-3-26-18(22)12-16(14-10-8-13(2)9-11-14)20-19(23)15-6-4-5-7-17(15)21(24)25/h4-11,16H,3,12H2,1-2H3,(H,20,23)/t16-/m0/s1. The lowest BCUT2D eigenvalue weighted by Crippen LogP contribution is -2.31. The Morgan fingerprint density at radius 3 is 2.42 bits per heavy atom. The number of benzene rings is 2. The first-order valence-corrected chi connectivity index (χ1v) is 8.18. The summed E-state index contributed by atoms with van der Waals surface area (Å²) in [5, 5.41) is 13.8. The SMILES string of the molecule is CCOC(=O)C[C@H](NC(=O)c1ccccc1[N+](=O)[O-])c1ccc(C)cc1. The minimum atomic E-state index is -0.651. The molecule has 0 radical (unpaired) electrons. The van der Waals surface area contributed by atoms with E-state index in [-0.39, 0.29) is 24.3 Å². The Bertz CT molecular complexity index is 802. The largest absolute Gasteiger partial charge is 0.466 e. The summed E-state index contributed by atoms with van der Waals surface area (Å²) in [6.45, 7) is 3.86. The zero-order valence-electron chi connectivity index (χ0n) is 14.6.